The molecule has 7 heteroatoms. The topological polar surface area (TPSA) is 47.0 Å². The van der Waals surface area contributed by atoms with E-state index in [1.807, 2.05) is 12.1 Å². The van der Waals surface area contributed by atoms with Gasteiger partial charge in [0, 0.05) is 22.6 Å². The van der Waals surface area contributed by atoms with Gasteiger partial charge in [-0.1, -0.05) is 11.6 Å². The average molecular weight is 347 g/mol. The maximum Gasteiger partial charge on any atom is 0.228 e. The highest BCUT2D eigenvalue weighted by Crippen LogP contribution is 2.30. The molecule has 2 aromatic rings. The van der Waals surface area contributed by atoms with Crippen LogP contribution < -0.4 is 9.46 Å². The Hall–Kier alpha value is -0.980. The summed E-state index contributed by atoms with van der Waals surface area (Å²) >= 11 is 10.6. The second-order valence-electron chi connectivity index (χ2n) is 3.23. The minimum Gasteiger partial charge on any atom is -0.480 e. The number of aromatic nitrogens is 2. The zero-order chi connectivity index (χ0) is 13.0. The molecule has 0 aliphatic carbocycles. The normalized spacial score (nSPS) is 10.2. The van der Waals surface area contributed by atoms with Gasteiger partial charge >= 0.3 is 0 Å². The van der Waals surface area contributed by atoms with Crippen LogP contribution in [-0.4, -0.2) is 17.1 Å². The summed E-state index contributed by atoms with van der Waals surface area (Å²) in [4.78, 5) is 8.95. The van der Waals surface area contributed by atoms with Gasteiger partial charge in [0.25, 0.3) is 0 Å². The molecule has 1 N–H and O–H groups in total. The van der Waals surface area contributed by atoms with Crippen molar-refractivity contribution in [2.75, 3.05) is 11.8 Å². The molecule has 94 valence electrons. The summed E-state index contributed by atoms with van der Waals surface area (Å²) in [5, 5.41) is 0.444. The number of methoxy groups -OCH3 is 1. The van der Waals surface area contributed by atoms with Crippen molar-refractivity contribution in [3.63, 3.8) is 0 Å². The smallest absolute Gasteiger partial charge is 0.228 e. The molecular formula is C11H9BrClN3OS. The number of anilines is 1. The molecule has 2 rings (SSSR count). The lowest BCUT2D eigenvalue weighted by molar-refractivity contribution is 0.387. The predicted molar refractivity (Wildman–Crippen MR) is 77.2 cm³/mol. The number of pyridine rings is 2. The van der Waals surface area contributed by atoms with Crippen LogP contribution in [0.15, 0.2) is 40.0 Å². The van der Waals surface area contributed by atoms with Gasteiger partial charge < -0.3 is 9.46 Å². The van der Waals surface area contributed by atoms with Crippen LogP contribution in [0.25, 0.3) is 0 Å². The molecule has 0 radical (unpaired) electrons. The van der Waals surface area contributed by atoms with E-state index < -0.39 is 0 Å². The van der Waals surface area contributed by atoms with Crippen LogP contribution in [0.4, 0.5) is 5.69 Å². The number of nitrogens with zero attached hydrogens (tertiary/aromatic N) is 2. The zero-order valence-electron chi connectivity index (χ0n) is 9.35. The number of rotatable bonds is 4. The minimum absolute atomic E-state index is 0.444. The van der Waals surface area contributed by atoms with Gasteiger partial charge in [-0.2, -0.15) is 0 Å². The maximum atomic E-state index is 5.81. The first-order valence-corrected chi connectivity index (χ1v) is 6.92. The number of hydrogen-bond acceptors (Lipinski definition) is 5. The molecule has 0 aromatic carbocycles. The molecule has 0 saturated carbocycles. The minimum atomic E-state index is 0.444. The van der Waals surface area contributed by atoms with Gasteiger partial charge in [-0.05, 0) is 46.1 Å². The van der Waals surface area contributed by atoms with Crippen LogP contribution >= 0.6 is 39.5 Å². The van der Waals surface area contributed by atoms with Crippen molar-refractivity contribution in [3.05, 3.63) is 40.2 Å². The summed E-state index contributed by atoms with van der Waals surface area (Å²) in [5.74, 6) is 0.566. The third-order valence-corrected chi connectivity index (χ3v) is 3.47. The van der Waals surface area contributed by atoms with Crippen molar-refractivity contribution in [2.45, 2.75) is 4.90 Å². The predicted octanol–water partition coefficient (Wildman–Crippen LogP) is 4.02. The van der Waals surface area contributed by atoms with E-state index in [4.69, 9.17) is 16.3 Å². The molecule has 0 saturated heterocycles. The van der Waals surface area contributed by atoms with E-state index in [9.17, 15) is 0 Å². The van der Waals surface area contributed by atoms with E-state index in [1.165, 1.54) is 11.9 Å². The highest BCUT2D eigenvalue weighted by molar-refractivity contribution is 9.10. The molecule has 0 fully saturated rings. The van der Waals surface area contributed by atoms with E-state index in [0.29, 0.717) is 11.0 Å². The molecule has 0 atom stereocenters. The van der Waals surface area contributed by atoms with E-state index >= 15 is 0 Å². The first-order valence-electron chi connectivity index (χ1n) is 4.93. The van der Waals surface area contributed by atoms with Crippen molar-refractivity contribution in [3.8, 4) is 5.88 Å². The Bertz CT molecular complexity index is 556. The highest BCUT2D eigenvalue weighted by atomic mass is 79.9. The first kappa shape index (κ1) is 13.5. The summed E-state index contributed by atoms with van der Waals surface area (Å²) in [6.45, 7) is 0. The summed E-state index contributed by atoms with van der Waals surface area (Å²) in [6, 6.07) is 5.50. The van der Waals surface area contributed by atoms with Crippen LogP contribution in [0.5, 0.6) is 5.88 Å². The quantitative estimate of drug-likeness (QED) is 0.669. The number of nitrogens with one attached hydrogen (secondary N) is 1. The molecule has 4 nitrogen and oxygen atoms in total. The van der Waals surface area contributed by atoms with Gasteiger partial charge in [0.05, 0.1) is 12.0 Å². The Labute approximate surface area is 122 Å². The fraction of sp³-hybridized carbons (Fsp3) is 0.0909. The van der Waals surface area contributed by atoms with Gasteiger partial charge in [0.2, 0.25) is 5.88 Å². The molecule has 2 aromatic heterocycles. The fourth-order valence-corrected chi connectivity index (χ4v) is 2.64. The Morgan fingerprint density at radius 3 is 2.94 bits per heavy atom. The van der Waals surface area contributed by atoms with E-state index in [2.05, 4.69) is 30.6 Å². The molecular weight excluding hydrogens is 338 g/mol. The molecule has 0 bridgehead atoms. The van der Waals surface area contributed by atoms with E-state index in [1.54, 1.807) is 25.6 Å². The number of ether oxygens (including phenoxy) is 1. The van der Waals surface area contributed by atoms with Crippen LogP contribution in [-0.2, 0) is 0 Å². The zero-order valence-corrected chi connectivity index (χ0v) is 12.5. The molecule has 18 heavy (non-hydrogen) atoms. The molecule has 2 heterocycles. The maximum absolute atomic E-state index is 5.81. The largest absolute Gasteiger partial charge is 0.480 e. The first-order chi connectivity index (χ1) is 8.69. The van der Waals surface area contributed by atoms with E-state index in [-0.39, 0.29) is 0 Å². The monoisotopic (exact) mass is 345 g/mol. The van der Waals surface area contributed by atoms with Crippen molar-refractivity contribution < 1.29 is 4.74 Å². The number of hydrogen-bond donors (Lipinski definition) is 1. The van der Waals surface area contributed by atoms with Gasteiger partial charge in [-0.25, -0.2) is 9.97 Å². The molecule has 0 amide bonds. The standard InChI is InChI=1S/C11H9BrClN3OS/c1-17-11-9(4-7(12)6-15-11)18-16-8-2-3-14-10(13)5-8/h2-6H,1H3,(H,14,16). The Morgan fingerprint density at radius 2 is 2.22 bits per heavy atom. The van der Waals surface area contributed by atoms with Crippen LogP contribution in [0.2, 0.25) is 5.15 Å². The lowest BCUT2D eigenvalue weighted by Gasteiger charge is -2.08. The lowest BCUT2D eigenvalue weighted by atomic mass is 10.4. The molecule has 0 aliphatic heterocycles. The molecule has 0 aliphatic rings. The molecule has 0 spiro atoms. The Balaban J connectivity index is 2.12. The second-order valence-corrected chi connectivity index (χ2v) is 5.38. The second kappa shape index (κ2) is 6.26. The summed E-state index contributed by atoms with van der Waals surface area (Å²) in [7, 11) is 1.59. The van der Waals surface area contributed by atoms with Crippen LogP contribution in [0.1, 0.15) is 0 Å². The van der Waals surface area contributed by atoms with Crippen molar-refractivity contribution in [1.82, 2.24) is 9.97 Å². The lowest BCUT2D eigenvalue weighted by Crippen LogP contribution is -1.93. The van der Waals surface area contributed by atoms with Crippen LogP contribution in [0.3, 0.4) is 0 Å². The van der Waals surface area contributed by atoms with Crippen molar-refractivity contribution in [2.24, 2.45) is 0 Å². The van der Waals surface area contributed by atoms with Crippen LogP contribution in [0, 0.1) is 0 Å². The Kier molecular flexibility index (Phi) is 4.68. The average Bonchev–Trinajstić information content (AvgIpc) is 2.37. The van der Waals surface area contributed by atoms with Gasteiger partial charge in [-0.15, -0.1) is 0 Å². The highest BCUT2D eigenvalue weighted by Gasteiger charge is 2.06. The van der Waals surface area contributed by atoms with Gasteiger partial charge in [-0.3, -0.25) is 0 Å². The fourth-order valence-electron chi connectivity index (χ4n) is 1.21. The SMILES string of the molecule is COc1ncc(Br)cc1SNc1ccnc(Cl)c1. The molecule has 0 unspecified atom stereocenters. The Morgan fingerprint density at radius 1 is 1.39 bits per heavy atom. The van der Waals surface area contributed by atoms with Gasteiger partial charge in [0.15, 0.2) is 0 Å². The van der Waals surface area contributed by atoms with Gasteiger partial charge in [0.1, 0.15) is 5.15 Å². The van der Waals surface area contributed by atoms with Crippen molar-refractivity contribution >= 4 is 45.2 Å². The van der Waals surface area contributed by atoms with Crippen molar-refractivity contribution in [1.29, 1.82) is 0 Å². The van der Waals surface area contributed by atoms with E-state index in [0.717, 1.165) is 15.1 Å². The third-order valence-electron chi connectivity index (χ3n) is 1.98. The third kappa shape index (κ3) is 3.51. The summed E-state index contributed by atoms with van der Waals surface area (Å²) in [6.07, 6.45) is 3.33. The summed E-state index contributed by atoms with van der Waals surface area (Å²) in [5.41, 5.74) is 0.863. The summed E-state index contributed by atoms with van der Waals surface area (Å²) < 4.78 is 9.23. The number of halogens is 2.